The number of hydrogen-bond donors (Lipinski definition) is 3. The first-order valence-electron chi connectivity index (χ1n) is 6.77. The van der Waals surface area contributed by atoms with Gasteiger partial charge in [0.15, 0.2) is 0 Å². The predicted octanol–water partition coefficient (Wildman–Crippen LogP) is 1.74. The molecule has 1 aromatic rings. The Hall–Kier alpha value is -1.53. The Kier molecular flexibility index (Phi) is 7.25. The summed E-state index contributed by atoms with van der Waals surface area (Å²) in [6.07, 6.45) is 0.262. The fourth-order valence-corrected chi connectivity index (χ4v) is 2.67. The second-order valence-corrected chi connectivity index (χ2v) is 5.98. The molecule has 1 atom stereocenters. The van der Waals surface area contributed by atoms with Crippen molar-refractivity contribution in [2.75, 3.05) is 12.4 Å². The Bertz CT molecular complexity index is 504. The van der Waals surface area contributed by atoms with E-state index in [0.717, 1.165) is 4.90 Å². The Morgan fingerprint density at radius 2 is 2.00 bits per heavy atom. The molecule has 3 N–H and O–H groups in total. The van der Waals surface area contributed by atoms with Crippen LogP contribution >= 0.6 is 11.8 Å². The molecule has 1 amide bonds. The van der Waals surface area contributed by atoms with Gasteiger partial charge in [0.05, 0.1) is 0 Å². The minimum absolute atomic E-state index is 0.0192. The smallest absolute Gasteiger partial charge is 0.326 e. The predicted molar refractivity (Wildman–Crippen MR) is 82.5 cm³/mol. The molecule has 0 aliphatic carbocycles. The number of aryl methyl sites for hydroxylation is 2. The highest BCUT2D eigenvalue weighted by molar-refractivity contribution is 7.99. The number of thioether (sulfide) groups is 1. The first-order valence-corrected chi connectivity index (χ1v) is 7.75. The van der Waals surface area contributed by atoms with Crippen molar-refractivity contribution >= 4 is 23.6 Å². The van der Waals surface area contributed by atoms with E-state index in [1.54, 1.807) is 11.8 Å². The molecule has 0 saturated heterocycles. The molecule has 116 valence electrons. The van der Waals surface area contributed by atoms with Crippen molar-refractivity contribution in [1.29, 1.82) is 0 Å². The summed E-state index contributed by atoms with van der Waals surface area (Å²) in [4.78, 5) is 23.6. The monoisotopic (exact) mass is 311 g/mol. The zero-order valence-corrected chi connectivity index (χ0v) is 13.1. The van der Waals surface area contributed by atoms with Crippen molar-refractivity contribution in [2.45, 2.75) is 37.6 Å². The summed E-state index contributed by atoms with van der Waals surface area (Å²) in [6, 6.07) is 5.11. The second-order valence-electron chi connectivity index (χ2n) is 4.82. The minimum Gasteiger partial charge on any atom is -0.480 e. The van der Waals surface area contributed by atoms with Crippen molar-refractivity contribution in [3.8, 4) is 0 Å². The zero-order valence-electron chi connectivity index (χ0n) is 12.3. The molecule has 21 heavy (non-hydrogen) atoms. The first kappa shape index (κ1) is 17.5. The van der Waals surface area contributed by atoms with Crippen LogP contribution in [0, 0.1) is 13.8 Å². The van der Waals surface area contributed by atoms with Crippen molar-refractivity contribution in [3.63, 3.8) is 0 Å². The van der Waals surface area contributed by atoms with Crippen molar-refractivity contribution in [1.82, 2.24) is 5.32 Å². The number of carbonyl (C=O) groups excluding carboxylic acids is 1. The molecule has 0 aliphatic heterocycles. The Morgan fingerprint density at radius 1 is 1.29 bits per heavy atom. The van der Waals surface area contributed by atoms with Crippen LogP contribution in [0.15, 0.2) is 23.1 Å². The van der Waals surface area contributed by atoms with E-state index in [1.165, 1.54) is 11.1 Å². The van der Waals surface area contributed by atoms with Crippen LogP contribution in [0.5, 0.6) is 0 Å². The summed E-state index contributed by atoms with van der Waals surface area (Å²) in [7, 11) is 0. The third kappa shape index (κ3) is 6.18. The van der Waals surface area contributed by atoms with Crippen molar-refractivity contribution in [3.05, 3.63) is 29.3 Å². The van der Waals surface area contributed by atoms with Gasteiger partial charge in [-0.15, -0.1) is 11.8 Å². The molecular weight excluding hydrogens is 290 g/mol. The Morgan fingerprint density at radius 3 is 2.57 bits per heavy atom. The summed E-state index contributed by atoms with van der Waals surface area (Å²) in [6.45, 7) is 3.82. The maximum Gasteiger partial charge on any atom is 0.326 e. The van der Waals surface area contributed by atoms with Gasteiger partial charge in [0.1, 0.15) is 6.04 Å². The number of amides is 1. The number of hydrogen-bond acceptors (Lipinski definition) is 4. The number of aliphatic hydroxyl groups excluding tert-OH is 1. The highest BCUT2D eigenvalue weighted by atomic mass is 32.2. The highest BCUT2D eigenvalue weighted by Crippen LogP contribution is 2.21. The topological polar surface area (TPSA) is 86.6 Å². The molecule has 0 radical (unpaired) electrons. The molecule has 1 rings (SSSR count). The van der Waals surface area contributed by atoms with Gasteiger partial charge < -0.3 is 15.5 Å². The molecule has 6 heteroatoms. The van der Waals surface area contributed by atoms with Gasteiger partial charge in [0.25, 0.3) is 0 Å². The van der Waals surface area contributed by atoms with Gasteiger partial charge in [0.2, 0.25) is 5.91 Å². The van der Waals surface area contributed by atoms with E-state index < -0.39 is 12.0 Å². The van der Waals surface area contributed by atoms with E-state index in [2.05, 4.69) is 11.4 Å². The van der Waals surface area contributed by atoms with Crippen molar-refractivity contribution < 1.29 is 19.8 Å². The third-order valence-electron chi connectivity index (χ3n) is 3.13. The average molecular weight is 311 g/mol. The molecule has 0 aliphatic rings. The number of benzene rings is 1. The maximum absolute atomic E-state index is 11.7. The summed E-state index contributed by atoms with van der Waals surface area (Å²) in [5.41, 5.74) is 2.43. The summed E-state index contributed by atoms with van der Waals surface area (Å²) in [5.74, 6) is -0.855. The molecule has 0 saturated carbocycles. The summed E-state index contributed by atoms with van der Waals surface area (Å²) < 4.78 is 0. The summed E-state index contributed by atoms with van der Waals surface area (Å²) in [5, 5.41) is 20.0. The number of aliphatic hydroxyl groups is 1. The quantitative estimate of drug-likeness (QED) is 0.637. The number of carbonyl (C=O) groups is 2. The highest BCUT2D eigenvalue weighted by Gasteiger charge is 2.18. The van der Waals surface area contributed by atoms with Gasteiger partial charge in [-0.1, -0.05) is 6.07 Å². The van der Waals surface area contributed by atoms with Crippen LogP contribution in [0.4, 0.5) is 0 Å². The first-order chi connectivity index (χ1) is 9.93. The fraction of sp³-hybridized carbons (Fsp3) is 0.467. The molecule has 1 aromatic carbocycles. The van der Waals surface area contributed by atoms with Gasteiger partial charge in [-0.2, -0.15) is 0 Å². The Balaban J connectivity index is 2.39. The SMILES string of the molecule is Cc1ccc(SCCC(=O)N[C@@H](CCO)C(=O)O)cc1C. The van der Waals surface area contributed by atoms with E-state index in [4.69, 9.17) is 10.2 Å². The van der Waals surface area contributed by atoms with Crippen LogP contribution in [0.3, 0.4) is 0 Å². The van der Waals surface area contributed by atoms with Crippen LogP contribution in [-0.4, -0.2) is 40.5 Å². The molecule has 0 fully saturated rings. The third-order valence-corrected chi connectivity index (χ3v) is 4.12. The summed E-state index contributed by atoms with van der Waals surface area (Å²) >= 11 is 1.56. The average Bonchev–Trinajstić information content (AvgIpc) is 2.42. The number of carboxylic acid groups (broad SMARTS) is 1. The molecule has 0 heterocycles. The number of aliphatic carboxylic acids is 1. The lowest BCUT2D eigenvalue weighted by molar-refractivity contribution is -0.142. The van der Waals surface area contributed by atoms with Crippen LogP contribution in [0.1, 0.15) is 24.0 Å². The van der Waals surface area contributed by atoms with Crippen LogP contribution in [0.25, 0.3) is 0 Å². The molecule has 0 spiro atoms. The van der Waals surface area contributed by atoms with E-state index in [0.29, 0.717) is 5.75 Å². The number of carboxylic acids is 1. The van der Waals surface area contributed by atoms with Gasteiger partial charge in [-0.3, -0.25) is 4.79 Å². The van der Waals surface area contributed by atoms with E-state index in [9.17, 15) is 9.59 Å². The zero-order chi connectivity index (χ0) is 15.8. The van der Waals surface area contributed by atoms with Crippen molar-refractivity contribution in [2.24, 2.45) is 0 Å². The van der Waals surface area contributed by atoms with E-state index in [1.807, 2.05) is 26.0 Å². The van der Waals surface area contributed by atoms with E-state index >= 15 is 0 Å². The molecule has 0 aromatic heterocycles. The fourth-order valence-electron chi connectivity index (χ4n) is 1.72. The van der Waals surface area contributed by atoms with Gasteiger partial charge >= 0.3 is 5.97 Å². The molecule has 0 bridgehead atoms. The van der Waals surface area contributed by atoms with Crippen LogP contribution in [-0.2, 0) is 9.59 Å². The number of nitrogens with one attached hydrogen (secondary N) is 1. The molecule has 5 nitrogen and oxygen atoms in total. The molecular formula is C15H21NO4S. The Labute approximate surface area is 128 Å². The van der Waals surface area contributed by atoms with Gasteiger partial charge in [-0.05, 0) is 37.1 Å². The van der Waals surface area contributed by atoms with Crippen LogP contribution in [0.2, 0.25) is 0 Å². The second kappa shape index (κ2) is 8.69. The minimum atomic E-state index is -1.13. The lowest BCUT2D eigenvalue weighted by Crippen LogP contribution is -2.41. The maximum atomic E-state index is 11.7. The standard InChI is InChI=1S/C15H21NO4S/c1-10-3-4-12(9-11(10)2)21-8-6-14(18)16-13(5-7-17)15(19)20/h3-4,9,13,17H,5-8H2,1-2H3,(H,16,18)(H,19,20)/t13-/m0/s1. The van der Waals surface area contributed by atoms with Crippen LogP contribution < -0.4 is 5.32 Å². The largest absolute Gasteiger partial charge is 0.480 e. The van der Waals surface area contributed by atoms with Gasteiger partial charge in [0, 0.05) is 30.1 Å². The number of rotatable bonds is 8. The molecule has 0 unspecified atom stereocenters. The normalized spacial score (nSPS) is 12.0. The lowest BCUT2D eigenvalue weighted by atomic mass is 10.1. The van der Waals surface area contributed by atoms with Gasteiger partial charge in [-0.25, -0.2) is 4.79 Å². The lowest BCUT2D eigenvalue weighted by Gasteiger charge is -2.13. The van der Waals surface area contributed by atoms with E-state index in [-0.39, 0.29) is 25.4 Å².